The van der Waals surface area contributed by atoms with Crippen LogP contribution in [0.25, 0.3) is 0 Å². The first-order valence-electron chi connectivity index (χ1n) is 6.30. The average Bonchev–Trinajstić information content (AvgIpc) is 2.52. The molecule has 0 fully saturated rings. The van der Waals surface area contributed by atoms with Crippen molar-refractivity contribution in [2.24, 2.45) is 0 Å². The third-order valence-electron chi connectivity index (χ3n) is 2.89. The number of carbonyl (C=O) groups is 2. The van der Waals surface area contributed by atoms with Crippen LogP contribution in [0.3, 0.4) is 0 Å². The SMILES string of the molecule is COc1ccc(C(=O)OCC(=O)c2ccc(Cl)cc2)cc1Br. The number of hydrogen-bond acceptors (Lipinski definition) is 4. The second-order valence-corrected chi connectivity index (χ2v) is 5.65. The number of Topliss-reactive ketones (excluding diaryl/α,β-unsaturated/α-hetero) is 1. The molecule has 0 unspecified atom stereocenters. The topological polar surface area (TPSA) is 52.6 Å². The predicted octanol–water partition coefficient (Wildman–Crippen LogP) is 4.15. The number of esters is 1. The maximum Gasteiger partial charge on any atom is 0.338 e. The molecule has 2 rings (SSSR count). The fourth-order valence-corrected chi connectivity index (χ4v) is 2.39. The number of methoxy groups -OCH3 is 1. The maximum atomic E-state index is 11.9. The minimum absolute atomic E-state index is 0.294. The molecule has 114 valence electrons. The smallest absolute Gasteiger partial charge is 0.338 e. The monoisotopic (exact) mass is 382 g/mol. The Labute approximate surface area is 141 Å². The van der Waals surface area contributed by atoms with Crippen molar-refractivity contribution in [2.75, 3.05) is 13.7 Å². The lowest BCUT2D eigenvalue weighted by Crippen LogP contribution is -2.14. The molecule has 0 bridgehead atoms. The van der Waals surface area contributed by atoms with E-state index >= 15 is 0 Å². The van der Waals surface area contributed by atoms with Gasteiger partial charge in [-0.1, -0.05) is 11.6 Å². The van der Waals surface area contributed by atoms with Gasteiger partial charge in [0.1, 0.15) is 5.75 Å². The number of halogens is 2. The van der Waals surface area contributed by atoms with E-state index in [1.165, 1.54) is 7.11 Å². The van der Waals surface area contributed by atoms with Crippen LogP contribution in [0.1, 0.15) is 20.7 Å². The van der Waals surface area contributed by atoms with Crippen molar-refractivity contribution in [1.82, 2.24) is 0 Å². The first kappa shape index (κ1) is 16.5. The van der Waals surface area contributed by atoms with Crippen molar-refractivity contribution < 1.29 is 19.1 Å². The van der Waals surface area contributed by atoms with Crippen LogP contribution in [0.2, 0.25) is 5.02 Å². The molecule has 0 amide bonds. The Hall–Kier alpha value is -1.85. The number of ketones is 1. The summed E-state index contributed by atoms with van der Waals surface area (Å²) in [5.74, 6) is -0.267. The van der Waals surface area contributed by atoms with Crippen LogP contribution in [0.5, 0.6) is 5.75 Å². The molecule has 0 N–H and O–H groups in total. The number of rotatable bonds is 5. The van der Waals surface area contributed by atoms with Gasteiger partial charge >= 0.3 is 5.97 Å². The fourth-order valence-electron chi connectivity index (χ4n) is 1.73. The summed E-state index contributed by atoms with van der Waals surface area (Å²) in [5.41, 5.74) is 0.768. The van der Waals surface area contributed by atoms with Gasteiger partial charge < -0.3 is 9.47 Å². The summed E-state index contributed by atoms with van der Waals surface area (Å²) in [4.78, 5) is 23.8. The van der Waals surface area contributed by atoms with Crippen molar-refractivity contribution in [1.29, 1.82) is 0 Å². The van der Waals surface area contributed by atoms with E-state index < -0.39 is 5.97 Å². The molecule has 22 heavy (non-hydrogen) atoms. The summed E-state index contributed by atoms with van der Waals surface area (Å²) in [5, 5.41) is 0.539. The van der Waals surface area contributed by atoms with E-state index in [2.05, 4.69) is 15.9 Å². The summed E-state index contributed by atoms with van der Waals surface area (Å²) in [6.07, 6.45) is 0. The Bertz CT molecular complexity index is 698. The third-order valence-corrected chi connectivity index (χ3v) is 3.76. The zero-order chi connectivity index (χ0) is 16.1. The average molecular weight is 384 g/mol. The molecule has 0 saturated carbocycles. The van der Waals surface area contributed by atoms with E-state index in [0.29, 0.717) is 26.4 Å². The van der Waals surface area contributed by atoms with Crippen LogP contribution in [0.4, 0.5) is 0 Å². The molecule has 0 saturated heterocycles. The van der Waals surface area contributed by atoms with Crippen molar-refractivity contribution in [3.63, 3.8) is 0 Å². The molecular formula is C16H12BrClO4. The molecule has 6 heteroatoms. The number of carbonyl (C=O) groups excluding carboxylic acids is 2. The third kappa shape index (κ3) is 4.08. The summed E-state index contributed by atoms with van der Waals surface area (Å²) in [6, 6.07) is 11.2. The van der Waals surface area contributed by atoms with Crippen LogP contribution in [0, 0.1) is 0 Å². The van der Waals surface area contributed by atoms with Crippen molar-refractivity contribution in [3.8, 4) is 5.75 Å². The fraction of sp³-hybridized carbons (Fsp3) is 0.125. The minimum atomic E-state index is -0.578. The largest absolute Gasteiger partial charge is 0.496 e. The van der Waals surface area contributed by atoms with Gasteiger partial charge in [-0.15, -0.1) is 0 Å². The maximum absolute atomic E-state index is 11.9. The van der Waals surface area contributed by atoms with E-state index in [-0.39, 0.29) is 12.4 Å². The quantitative estimate of drug-likeness (QED) is 0.575. The Kier molecular flexibility index (Phi) is 5.57. The molecule has 0 heterocycles. The van der Waals surface area contributed by atoms with Gasteiger partial charge in [-0.25, -0.2) is 4.79 Å². The highest BCUT2D eigenvalue weighted by Gasteiger charge is 2.13. The Morgan fingerprint density at radius 2 is 1.73 bits per heavy atom. The summed E-state index contributed by atoms with van der Waals surface area (Å²) >= 11 is 9.04. The Morgan fingerprint density at radius 3 is 2.32 bits per heavy atom. The van der Waals surface area contributed by atoms with Gasteiger partial charge in [0.25, 0.3) is 0 Å². The number of ether oxygens (including phenoxy) is 2. The lowest BCUT2D eigenvalue weighted by molar-refractivity contribution is 0.0474. The summed E-state index contributed by atoms with van der Waals surface area (Å²) in [7, 11) is 1.53. The van der Waals surface area contributed by atoms with E-state index in [4.69, 9.17) is 21.1 Å². The highest BCUT2D eigenvalue weighted by atomic mass is 79.9. The Morgan fingerprint density at radius 1 is 1.09 bits per heavy atom. The molecule has 4 nitrogen and oxygen atoms in total. The molecule has 0 aliphatic heterocycles. The van der Waals surface area contributed by atoms with Gasteiger partial charge in [-0.3, -0.25) is 4.79 Å². The molecule has 0 radical (unpaired) electrons. The van der Waals surface area contributed by atoms with Crippen molar-refractivity contribution in [2.45, 2.75) is 0 Å². The second-order valence-electron chi connectivity index (χ2n) is 4.36. The molecule has 2 aromatic rings. The number of hydrogen-bond donors (Lipinski definition) is 0. The van der Waals surface area contributed by atoms with Crippen molar-refractivity contribution >= 4 is 39.3 Å². The molecule has 0 aliphatic carbocycles. The summed E-state index contributed by atoms with van der Waals surface area (Å²) in [6.45, 7) is -0.329. The van der Waals surface area contributed by atoms with Crippen LogP contribution < -0.4 is 4.74 Å². The van der Waals surface area contributed by atoms with E-state index in [0.717, 1.165) is 0 Å². The van der Waals surface area contributed by atoms with Gasteiger partial charge in [-0.05, 0) is 58.4 Å². The van der Waals surface area contributed by atoms with Gasteiger partial charge in [0.2, 0.25) is 0 Å². The first-order chi connectivity index (χ1) is 10.5. The van der Waals surface area contributed by atoms with Gasteiger partial charge in [-0.2, -0.15) is 0 Å². The molecule has 0 aromatic heterocycles. The van der Waals surface area contributed by atoms with Crippen LogP contribution in [-0.2, 0) is 4.74 Å². The van der Waals surface area contributed by atoms with Crippen LogP contribution in [0.15, 0.2) is 46.9 Å². The zero-order valence-electron chi connectivity index (χ0n) is 11.6. The van der Waals surface area contributed by atoms with Gasteiger partial charge in [0.05, 0.1) is 17.1 Å². The molecule has 0 spiro atoms. The lowest BCUT2D eigenvalue weighted by atomic mass is 10.1. The van der Waals surface area contributed by atoms with E-state index in [1.807, 2.05) is 0 Å². The highest BCUT2D eigenvalue weighted by molar-refractivity contribution is 9.10. The molecule has 2 aromatic carbocycles. The minimum Gasteiger partial charge on any atom is -0.496 e. The Balaban J connectivity index is 1.99. The standard InChI is InChI=1S/C16H12BrClO4/c1-21-15-7-4-11(8-13(15)17)16(20)22-9-14(19)10-2-5-12(18)6-3-10/h2-8H,9H2,1H3. The summed E-state index contributed by atoms with van der Waals surface area (Å²) < 4.78 is 10.7. The normalized spacial score (nSPS) is 10.1. The van der Waals surface area contributed by atoms with Crippen LogP contribution in [-0.4, -0.2) is 25.5 Å². The van der Waals surface area contributed by atoms with Gasteiger partial charge in [0.15, 0.2) is 12.4 Å². The van der Waals surface area contributed by atoms with Gasteiger partial charge in [0, 0.05) is 10.6 Å². The van der Waals surface area contributed by atoms with E-state index in [1.54, 1.807) is 42.5 Å². The molecular weight excluding hydrogens is 372 g/mol. The van der Waals surface area contributed by atoms with Crippen LogP contribution >= 0.6 is 27.5 Å². The lowest BCUT2D eigenvalue weighted by Gasteiger charge is -2.07. The predicted molar refractivity (Wildman–Crippen MR) is 86.8 cm³/mol. The number of benzene rings is 2. The molecule has 0 aliphatic rings. The highest BCUT2D eigenvalue weighted by Crippen LogP contribution is 2.25. The van der Waals surface area contributed by atoms with Crippen molar-refractivity contribution in [3.05, 3.63) is 63.1 Å². The zero-order valence-corrected chi connectivity index (χ0v) is 14.0. The first-order valence-corrected chi connectivity index (χ1v) is 7.48. The van der Waals surface area contributed by atoms with E-state index in [9.17, 15) is 9.59 Å². The second kappa shape index (κ2) is 7.42. The molecule has 0 atom stereocenters.